The lowest BCUT2D eigenvalue weighted by Gasteiger charge is -2.26. The van der Waals surface area contributed by atoms with E-state index in [1.165, 1.54) is 21.8 Å². The van der Waals surface area contributed by atoms with E-state index in [2.05, 4.69) is 29.5 Å². The number of nitrogens with two attached hydrogens (primary N) is 1. The number of rotatable bonds is 3. The lowest BCUT2D eigenvalue weighted by atomic mass is 9.96. The van der Waals surface area contributed by atoms with Crippen LogP contribution in [0.4, 0.5) is 5.69 Å². The minimum Gasteiger partial charge on any atom is -0.397 e. The zero-order chi connectivity index (χ0) is 19.3. The second-order valence-electron chi connectivity index (χ2n) is 7.10. The first kappa shape index (κ1) is 17.6. The first-order valence-electron chi connectivity index (χ1n) is 9.19. The van der Waals surface area contributed by atoms with Crippen molar-refractivity contribution in [1.29, 1.82) is 0 Å². The molecule has 1 aromatic carbocycles. The molecule has 0 unspecified atom stereocenters. The summed E-state index contributed by atoms with van der Waals surface area (Å²) in [6.45, 7) is 1.84. The van der Waals surface area contributed by atoms with Crippen molar-refractivity contribution in [3.8, 4) is 10.4 Å². The number of hydrogen-bond donors (Lipinski definition) is 1. The summed E-state index contributed by atoms with van der Waals surface area (Å²) in [5.74, 6) is -0.0340. The van der Waals surface area contributed by atoms with Crippen molar-refractivity contribution in [2.45, 2.75) is 13.0 Å². The van der Waals surface area contributed by atoms with Crippen LogP contribution in [-0.4, -0.2) is 29.3 Å². The Morgan fingerprint density at radius 1 is 1.18 bits per heavy atom. The fourth-order valence-electron chi connectivity index (χ4n) is 3.84. The molecular weight excluding hydrogens is 386 g/mol. The summed E-state index contributed by atoms with van der Waals surface area (Å²) in [6, 6.07) is 13.5. The molecule has 0 saturated heterocycles. The molecule has 2 N–H and O–H groups in total. The number of fused-ring (bicyclic) bond motifs is 2. The highest BCUT2D eigenvalue weighted by Crippen LogP contribution is 2.45. The monoisotopic (exact) mass is 405 g/mol. The Bertz CT molecular complexity index is 1180. The van der Waals surface area contributed by atoms with Crippen LogP contribution in [0, 0.1) is 0 Å². The molecule has 5 rings (SSSR count). The number of anilines is 1. The van der Waals surface area contributed by atoms with Gasteiger partial charge < -0.3 is 10.6 Å². The van der Waals surface area contributed by atoms with Crippen LogP contribution in [0.15, 0.2) is 47.8 Å². The number of likely N-dealkylation sites (N-methyl/N-ethyl adjacent to an activating group) is 1. The maximum absolute atomic E-state index is 13.1. The fraction of sp³-hybridized carbons (Fsp3) is 0.182. The highest BCUT2D eigenvalue weighted by atomic mass is 32.1. The molecule has 0 radical (unpaired) electrons. The van der Waals surface area contributed by atoms with E-state index in [9.17, 15) is 4.79 Å². The molecule has 0 fully saturated rings. The standard InChI is InChI=1S/C22H19N3OS2/c1-25-10-9-15-14(12-25)17(16-8-5-11-27-16)18-19(23)21(28-22(18)24-15)20(26)13-6-3-2-4-7-13/h2-8,11H,9-10,12,23H2,1H3. The van der Waals surface area contributed by atoms with Gasteiger partial charge in [-0.05, 0) is 24.1 Å². The van der Waals surface area contributed by atoms with E-state index in [1.54, 1.807) is 11.3 Å². The Kier molecular flexibility index (Phi) is 4.27. The van der Waals surface area contributed by atoms with Crippen LogP contribution < -0.4 is 5.73 Å². The molecule has 0 spiro atoms. The first-order chi connectivity index (χ1) is 13.6. The number of pyridine rings is 1. The lowest BCUT2D eigenvalue weighted by Crippen LogP contribution is -2.27. The molecule has 0 aliphatic carbocycles. The summed E-state index contributed by atoms with van der Waals surface area (Å²) in [7, 11) is 2.13. The Labute approximate surface area is 171 Å². The summed E-state index contributed by atoms with van der Waals surface area (Å²) >= 11 is 3.12. The Hall–Kier alpha value is -2.54. The van der Waals surface area contributed by atoms with Gasteiger partial charge in [-0.2, -0.15) is 0 Å². The molecule has 0 atom stereocenters. The van der Waals surface area contributed by atoms with Gasteiger partial charge in [0.2, 0.25) is 5.78 Å². The van der Waals surface area contributed by atoms with Gasteiger partial charge in [-0.3, -0.25) is 4.79 Å². The number of hydrogen-bond acceptors (Lipinski definition) is 6. The Morgan fingerprint density at radius 2 is 2.00 bits per heavy atom. The summed E-state index contributed by atoms with van der Waals surface area (Å²) in [5.41, 5.74) is 11.3. The number of aromatic nitrogens is 1. The third kappa shape index (κ3) is 2.76. The van der Waals surface area contributed by atoms with Crippen molar-refractivity contribution in [2.24, 2.45) is 0 Å². The number of nitrogen functional groups attached to an aromatic ring is 1. The molecule has 4 heterocycles. The van der Waals surface area contributed by atoms with Gasteiger partial charge in [0.15, 0.2) is 0 Å². The van der Waals surface area contributed by atoms with Crippen LogP contribution in [0.3, 0.4) is 0 Å². The predicted octanol–water partition coefficient (Wildman–Crippen LogP) is 4.83. The maximum atomic E-state index is 13.1. The molecular formula is C22H19N3OS2. The molecule has 140 valence electrons. The third-order valence-corrected chi connectivity index (χ3v) is 7.22. The first-order valence-corrected chi connectivity index (χ1v) is 10.9. The van der Waals surface area contributed by atoms with Crippen LogP contribution in [0.5, 0.6) is 0 Å². The number of thiophene rings is 2. The summed E-state index contributed by atoms with van der Waals surface area (Å²) in [4.78, 5) is 23.0. The third-order valence-electron chi connectivity index (χ3n) is 5.23. The topological polar surface area (TPSA) is 59.2 Å². The SMILES string of the molecule is CN1CCc2nc3sc(C(=O)c4ccccc4)c(N)c3c(-c3cccs3)c2C1. The molecule has 4 aromatic rings. The average Bonchev–Trinajstić information content (AvgIpc) is 3.35. The van der Waals surface area contributed by atoms with E-state index in [0.29, 0.717) is 16.1 Å². The van der Waals surface area contributed by atoms with Crippen LogP contribution in [-0.2, 0) is 13.0 Å². The maximum Gasteiger partial charge on any atom is 0.205 e. The zero-order valence-electron chi connectivity index (χ0n) is 15.4. The molecule has 0 bridgehead atoms. The average molecular weight is 406 g/mol. The van der Waals surface area contributed by atoms with Gasteiger partial charge in [-0.25, -0.2) is 4.98 Å². The molecule has 6 heteroatoms. The second kappa shape index (κ2) is 6.81. The summed E-state index contributed by atoms with van der Waals surface area (Å²) in [5, 5.41) is 3.01. The van der Waals surface area contributed by atoms with E-state index < -0.39 is 0 Å². The molecule has 1 aliphatic rings. The number of carbonyl (C=O) groups is 1. The highest BCUT2D eigenvalue weighted by Gasteiger charge is 2.27. The fourth-order valence-corrected chi connectivity index (χ4v) is 5.73. The normalized spacial score (nSPS) is 14.3. The van der Waals surface area contributed by atoms with Gasteiger partial charge >= 0.3 is 0 Å². The second-order valence-corrected chi connectivity index (χ2v) is 9.04. The van der Waals surface area contributed by atoms with E-state index in [1.807, 2.05) is 30.3 Å². The van der Waals surface area contributed by atoms with Crippen LogP contribution in [0.25, 0.3) is 20.7 Å². The Morgan fingerprint density at radius 3 is 2.75 bits per heavy atom. The number of nitrogens with zero attached hydrogens (tertiary/aromatic N) is 2. The van der Waals surface area contributed by atoms with Crippen molar-refractivity contribution >= 4 is 44.4 Å². The molecule has 4 nitrogen and oxygen atoms in total. The van der Waals surface area contributed by atoms with Crippen LogP contribution >= 0.6 is 22.7 Å². The van der Waals surface area contributed by atoms with Gasteiger partial charge in [0.25, 0.3) is 0 Å². The van der Waals surface area contributed by atoms with Crippen molar-refractivity contribution < 1.29 is 4.79 Å². The summed E-state index contributed by atoms with van der Waals surface area (Å²) < 4.78 is 0. The van der Waals surface area contributed by atoms with Crippen molar-refractivity contribution in [1.82, 2.24) is 9.88 Å². The van der Waals surface area contributed by atoms with Crippen LogP contribution in [0.2, 0.25) is 0 Å². The number of ketones is 1. The Balaban J connectivity index is 1.79. The van der Waals surface area contributed by atoms with Gasteiger partial charge in [0.05, 0.1) is 5.69 Å². The minimum atomic E-state index is -0.0340. The highest BCUT2D eigenvalue weighted by molar-refractivity contribution is 7.21. The van der Waals surface area contributed by atoms with Crippen molar-refractivity contribution in [3.63, 3.8) is 0 Å². The molecule has 0 saturated carbocycles. The molecule has 3 aromatic heterocycles. The largest absolute Gasteiger partial charge is 0.397 e. The molecule has 28 heavy (non-hydrogen) atoms. The van der Waals surface area contributed by atoms with Gasteiger partial charge in [0.1, 0.15) is 9.71 Å². The van der Waals surface area contributed by atoms with Crippen LogP contribution in [0.1, 0.15) is 26.5 Å². The van der Waals surface area contributed by atoms with E-state index in [4.69, 9.17) is 10.7 Å². The minimum absolute atomic E-state index is 0.0340. The number of benzene rings is 1. The van der Waals surface area contributed by atoms with E-state index in [0.717, 1.165) is 41.0 Å². The van der Waals surface area contributed by atoms with Gasteiger partial charge in [-0.1, -0.05) is 36.4 Å². The lowest BCUT2D eigenvalue weighted by molar-refractivity contribution is 0.104. The molecule has 1 aliphatic heterocycles. The predicted molar refractivity (Wildman–Crippen MR) is 117 cm³/mol. The molecule has 0 amide bonds. The number of carbonyl (C=O) groups excluding carboxylic acids is 1. The van der Waals surface area contributed by atoms with Crippen molar-refractivity contribution in [2.75, 3.05) is 19.3 Å². The van der Waals surface area contributed by atoms with Crippen molar-refractivity contribution in [3.05, 3.63) is 69.5 Å². The zero-order valence-corrected chi connectivity index (χ0v) is 17.1. The van der Waals surface area contributed by atoms with E-state index in [-0.39, 0.29) is 5.78 Å². The van der Waals surface area contributed by atoms with E-state index >= 15 is 0 Å². The smallest absolute Gasteiger partial charge is 0.205 e. The summed E-state index contributed by atoms with van der Waals surface area (Å²) in [6.07, 6.45) is 0.917. The van der Waals surface area contributed by atoms with Gasteiger partial charge in [-0.15, -0.1) is 22.7 Å². The quantitative estimate of drug-likeness (QED) is 0.496. The van der Waals surface area contributed by atoms with Gasteiger partial charge in [0, 0.05) is 46.6 Å².